The van der Waals surface area contributed by atoms with Crippen LogP contribution in [0.2, 0.25) is 0 Å². The summed E-state index contributed by atoms with van der Waals surface area (Å²) in [6, 6.07) is 16.2. The second kappa shape index (κ2) is 8.38. The quantitative estimate of drug-likeness (QED) is 0.626. The van der Waals surface area contributed by atoms with E-state index in [1.54, 1.807) is 24.3 Å². The molecule has 0 heterocycles. The highest BCUT2D eigenvalue weighted by Gasteiger charge is 2.32. The molecule has 126 valence electrons. The maximum Gasteiger partial charge on any atom is 0.221 e. The van der Waals surface area contributed by atoms with Crippen molar-refractivity contribution in [2.24, 2.45) is 0 Å². The molecule has 24 heavy (non-hydrogen) atoms. The summed E-state index contributed by atoms with van der Waals surface area (Å²) in [4.78, 5) is 24.6. The van der Waals surface area contributed by atoms with Gasteiger partial charge in [-0.1, -0.05) is 42.5 Å². The third-order valence-electron chi connectivity index (χ3n) is 3.68. The van der Waals surface area contributed by atoms with Crippen molar-refractivity contribution in [3.8, 4) is 0 Å². The van der Waals surface area contributed by atoms with E-state index < -0.39 is 12.2 Å². The third kappa shape index (κ3) is 4.07. The fourth-order valence-electron chi connectivity index (χ4n) is 2.63. The molecule has 5 heteroatoms. The van der Waals surface area contributed by atoms with Crippen LogP contribution in [0.4, 0.5) is 5.69 Å². The van der Waals surface area contributed by atoms with Crippen LogP contribution in [0.25, 0.3) is 0 Å². The first-order chi connectivity index (χ1) is 11.6. The predicted octanol–water partition coefficient (Wildman–Crippen LogP) is 3.23. The molecule has 0 saturated heterocycles. The van der Waals surface area contributed by atoms with E-state index in [4.69, 9.17) is 9.47 Å². The molecule has 0 bridgehead atoms. The Morgan fingerprint density at radius 2 is 1.50 bits per heavy atom. The van der Waals surface area contributed by atoms with Crippen LogP contribution in [0.15, 0.2) is 54.6 Å². The third-order valence-corrected chi connectivity index (χ3v) is 3.68. The average molecular weight is 327 g/mol. The largest absolute Gasteiger partial charge is 0.355 e. The number of benzene rings is 2. The molecule has 0 aliphatic carbocycles. The molecule has 0 aliphatic rings. The fourth-order valence-corrected chi connectivity index (χ4v) is 2.63. The molecular formula is C19H21NO4. The summed E-state index contributed by atoms with van der Waals surface area (Å²) in [6.45, 7) is 1.41. The molecule has 2 rings (SSSR count). The van der Waals surface area contributed by atoms with Crippen LogP contribution >= 0.6 is 0 Å². The number of methoxy groups -OCH3 is 2. The van der Waals surface area contributed by atoms with Crippen molar-refractivity contribution in [3.05, 3.63) is 65.7 Å². The first-order valence-corrected chi connectivity index (χ1v) is 7.59. The van der Waals surface area contributed by atoms with Crippen LogP contribution in [0.5, 0.6) is 0 Å². The van der Waals surface area contributed by atoms with Crippen molar-refractivity contribution in [1.29, 1.82) is 0 Å². The van der Waals surface area contributed by atoms with Crippen molar-refractivity contribution in [2.45, 2.75) is 19.1 Å². The topological polar surface area (TPSA) is 64.6 Å². The molecule has 5 nitrogen and oxygen atoms in total. The van der Waals surface area contributed by atoms with Gasteiger partial charge in [0.15, 0.2) is 12.1 Å². The van der Waals surface area contributed by atoms with E-state index in [9.17, 15) is 9.59 Å². The van der Waals surface area contributed by atoms with Gasteiger partial charge in [0.1, 0.15) is 0 Å². The number of hydrogen-bond acceptors (Lipinski definition) is 4. The zero-order chi connectivity index (χ0) is 17.5. The van der Waals surface area contributed by atoms with Crippen LogP contribution in [0.3, 0.4) is 0 Å². The standard InChI is InChI=1S/C19H21NO4/c1-13(21)20-16-12-8-7-11-15(16)18(22)17(19(23-2)24-3)14-9-5-4-6-10-14/h4-12,17,19H,1-3H3,(H,20,21). The Labute approximate surface area is 141 Å². The molecule has 1 unspecified atom stereocenters. The molecule has 1 N–H and O–H groups in total. The first kappa shape index (κ1) is 17.8. The van der Waals surface area contributed by atoms with Gasteiger partial charge in [0.05, 0.1) is 11.6 Å². The van der Waals surface area contributed by atoms with Crippen molar-refractivity contribution < 1.29 is 19.1 Å². The summed E-state index contributed by atoms with van der Waals surface area (Å²) in [5.41, 5.74) is 1.68. The zero-order valence-corrected chi connectivity index (χ0v) is 14.0. The van der Waals surface area contributed by atoms with Gasteiger partial charge in [-0.3, -0.25) is 9.59 Å². The summed E-state index contributed by atoms with van der Waals surface area (Å²) < 4.78 is 10.7. The number of nitrogens with one attached hydrogen (secondary N) is 1. The van der Waals surface area contributed by atoms with Gasteiger partial charge in [0.2, 0.25) is 5.91 Å². The van der Waals surface area contributed by atoms with Gasteiger partial charge in [-0.15, -0.1) is 0 Å². The molecule has 0 spiro atoms. The average Bonchev–Trinajstić information content (AvgIpc) is 2.59. The number of Topliss-reactive ketones (excluding diaryl/α,β-unsaturated/α-hetero) is 1. The Bertz CT molecular complexity index is 696. The molecule has 2 aromatic rings. The SMILES string of the molecule is COC(OC)C(C(=O)c1ccccc1NC(C)=O)c1ccccc1. The number of carbonyl (C=O) groups excluding carboxylic acids is 2. The van der Waals surface area contributed by atoms with Crippen molar-refractivity contribution in [1.82, 2.24) is 0 Å². The lowest BCUT2D eigenvalue weighted by Crippen LogP contribution is -2.30. The summed E-state index contributed by atoms with van der Waals surface area (Å²) in [7, 11) is 2.99. The number of amides is 1. The van der Waals surface area contributed by atoms with Gasteiger partial charge >= 0.3 is 0 Å². The lowest BCUT2D eigenvalue weighted by atomic mass is 9.89. The van der Waals surface area contributed by atoms with Gasteiger partial charge < -0.3 is 14.8 Å². The van der Waals surface area contributed by atoms with Crippen molar-refractivity contribution in [3.63, 3.8) is 0 Å². The molecule has 0 saturated carbocycles. The van der Waals surface area contributed by atoms with E-state index in [1.807, 2.05) is 30.3 Å². The maximum absolute atomic E-state index is 13.2. The molecule has 1 atom stereocenters. The van der Waals surface area contributed by atoms with Crippen LogP contribution in [0, 0.1) is 0 Å². The molecule has 0 aliphatic heterocycles. The lowest BCUT2D eigenvalue weighted by molar-refractivity contribution is -0.114. The Kier molecular flexibility index (Phi) is 6.23. The Balaban J connectivity index is 2.47. The normalized spacial score (nSPS) is 12.0. The van der Waals surface area contributed by atoms with E-state index in [0.29, 0.717) is 11.3 Å². The second-order valence-electron chi connectivity index (χ2n) is 5.32. The van der Waals surface area contributed by atoms with Crippen LogP contribution in [-0.2, 0) is 14.3 Å². The highest BCUT2D eigenvalue weighted by molar-refractivity contribution is 6.07. The number of ketones is 1. The first-order valence-electron chi connectivity index (χ1n) is 7.59. The molecule has 0 aromatic heterocycles. The summed E-state index contributed by atoms with van der Waals surface area (Å²) >= 11 is 0. The molecular weight excluding hydrogens is 306 g/mol. The number of ether oxygens (including phenoxy) is 2. The monoisotopic (exact) mass is 327 g/mol. The molecule has 1 amide bonds. The second-order valence-corrected chi connectivity index (χ2v) is 5.32. The number of para-hydroxylation sites is 1. The Morgan fingerprint density at radius 3 is 2.08 bits per heavy atom. The van der Waals surface area contributed by atoms with Crippen LogP contribution in [0.1, 0.15) is 28.8 Å². The van der Waals surface area contributed by atoms with Gasteiger partial charge in [-0.05, 0) is 17.7 Å². The van der Waals surface area contributed by atoms with Crippen LogP contribution in [-0.4, -0.2) is 32.2 Å². The molecule has 2 aromatic carbocycles. The minimum atomic E-state index is -0.731. The lowest BCUT2D eigenvalue weighted by Gasteiger charge is -2.25. The highest BCUT2D eigenvalue weighted by Crippen LogP contribution is 2.29. The minimum Gasteiger partial charge on any atom is -0.355 e. The molecule has 0 fully saturated rings. The maximum atomic E-state index is 13.2. The Hall–Kier alpha value is -2.50. The predicted molar refractivity (Wildman–Crippen MR) is 92.1 cm³/mol. The minimum absolute atomic E-state index is 0.181. The van der Waals surface area contributed by atoms with Gasteiger partial charge in [0.25, 0.3) is 0 Å². The van der Waals surface area contributed by atoms with Gasteiger partial charge in [0, 0.05) is 26.7 Å². The smallest absolute Gasteiger partial charge is 0.221 e. The number of carbonyl (C=O) groups is 2. The van der Waals surface area contributed by atoms with Crippen molar-refractivity contribution >= 4 is 17.4 Å². The number of rotatable bonds is 7. The van der Waals surface area contributed by atoms with E-state index in [-0.39, 0.29) is 11.7 Å². The van der Waals surface area contributed by atoms with Crippen LogP contribution < -0.4 is 5.32 Å². The number of anilines is 1. The highest BCUT2D eigenvalue weighted by atomic mass is 16.7. The van der Waals surface area contributed by atoms with Crippen molar-refractivity contribution in [2.75, 3.05) is 19.5 Å². The summed E-state index contributed by atoms with van der Waals surface area (Å²) in [6.07, 6.45) is -0.731. The van der Waals surface area contributed by atoms with Gasteiger partial charge in [-0.2, -0.15) is 0 Å². The van der Waals surface area contributed by atoms with Gasteiger partial charge in [-0.25, -0.2) is 0 Å². The Morgan fingerprint density at radius 1 is 0.917 bits per heavy atom. The zero-order valence-electron chi connectivity index (χ0n) is 14.0. The van der Waals surface area contributed by atoms with E-state index in [0.717, 1.165) is 5.56 Å². The summed E-state index contributed by atoms with van der Waals surface area (Å²) in [5.74, 6) is -1.06. The number of hydrogen-bond donors (Lipinski definition) is 1. The summed E-state index contributed by atoms with van der Waals surface area (Å²) in [5, 5.41) is 2.69. The molecule has 0 radical (unpaired) electrons. The van der Waals surface area contributed by atoms with E-state index in [2.05, 4.69) is 5.32 Å². The van der Waals surface area contributed by atoms with E-state index >= 15 is 0 Å². The van der Waals surface area contributed by atoms with E-state index in [1.165, 1.54) is 21.1 Å². The fraction of sp³-hybridized carbons (Fsp3) is 0.263.